The number of anilines is 2. The number of methoxy groups -OCH3 is 1. The maximum Gasteiger partial charge on any atom is 0.279 e. The van der Waals surface area contributed by atoms with Crippen LogP contribution in [0.2, 0.25) is 0 Å². The molecule has 1 atom stereocenters. The number of nitriles is 1. The van der Waals surface area contributed by atoms with Crippen LogP contribution < -0.4 is 15.0 Å². The zero-order valence-corrected chi connectivity index (χ0v) is 19.1. The summed E-state index contributed by atoms with van der Waals surface area (Å²) in [5.41, 5.74) is 3.34. The monoisotopic (exact) mass is 455 g/mol. The van der Waals surface area contributed by atoms with Crippen molar-refractivity contribution in [2.24, 2.45) is 5.92 Å². The minimum Gasteiger partial charge on any atom is -0.495 e. The lowest BCUT2D eigenvalue weighted by Crippen LogP contribution is -2.47. The SMILES string of the molecule is COc1ccc(C(=O)Nc2cnn3c2C(=O)N(c2ccc(CC4CC4)cc2)[C@@H](C)C3)cc1C#N. The fourth-order valence-electron chi connectivity index (χ4n) is 4.44. The molecule has 0 saturated heterocycles. The molecule has 0 radical (unpaired) electrons. The smallest absolute Gasteiger partial charge is 0.279 e. The van der Waals surface area contributed by atoms with Crippen molar-refractivity contribution in [3.8, 4) is 11.8 Å². The number of nitrogens with zero attached hydrogens (tertiary/aromatic N) is 4. The van der Waals surface area contributed by atoms with Gasteiger partial charge < -0.3 is 15.0 Å². The van der Waals surface area contributed by atoms with E-state index in [4.69, 9.17) is 4.74 Å². The van der Waals surface area contributed by atoms with Gasteiger partial charge >= 0.3 is 0 Å². The van der Waals surface area contributed by atoms with Crippen LogP contribution in [0, 0.1) is 17.2 Å². The van der Waals surface area contributed by atoms with Gasteiger partial charge in [0.1, 0.15) is 17.5 Å². The summed E-state index contributed by atoms with van der Waals surface area (Å²) in [4.78, 5) is 28.2. The minimum atomic E-state index is -0.433. The molecule has 1 saturated carbocycles. The molecule has 172 valence electrons. The van der Waals surface area contributed by atoms with Crippen molar-refractivity contribution < 1.29 is 14.3 Å². The van der Waals surface area contributed by atoms with E-state index in [0.29, 0.717) is 23.7 Å². The highest BCUT2D eigenvalue weighted by atomic mass is 16.5. The molecule has 2 aliphatic rings. The summed E-state index contributed by atoms with van der Waals surface area (Å²) in [5.74, 6) is 0.549. The van der Waals surface area contributed by atoms with E-state index in [-0.39, 0.29) is 23.1 Å². The quantitative estimate of drug-likeness (QED) is 0.605. The zero-order chi connectivity index (χ0) is 23.8. The predicted octanol–water partition coefficient (Wildman–Crippen LogP) is 4.02. The van der Waals surface area contributed by atoms with Gasteiger partial charge in [-0.05, 0) is 68.0 Å². The second-order valence-corrected chi connectivity index (χ2v) is 8.91. The molecule has 0 bridgehead atoms. The number of nitrogens with one attached hydrogen (secondary N) is 1. The number of rotatable bonds is 6. The van der Waals surface area contributed by atoms with Crippen molar-refractivity contribution in [2.45, 2.75) is 38.8 Å². The fraction of sp³-hybridized carbons (Fsp3) is 0.308. The molecule has 1 aliphatic heterocycles. The maximum absolute atomic E-state index is 13.5. The van der Waals surface area contributed by atoms with Crippen molar-refractivity contribution in [1.82, 2.24) is 9.78 Å². The molecular weight excluding hydrogens is 430 g/mol. The average Bonchev–Trinajstić information content (AvgIpc) is 3.57. The Bertz CT molecular complexity index is 1300. The fourth-order valence-corrected chi connectivity index (χ4v) is 4.44. The van der Waals surface area contributed by atoms with Crippen LogP contribution in [0.15, 0.2) is 48.7 Å². The number of amides is 2. The first-order chi connectivity index (χ1) is 16.5. The molecule has 0 unspecified atom stereocenters. The Morgan fingerprint density at radius 2 is 2.00 bits per heavy atom. The summed E-state index contributed by atoms with van der Waals surface area (Å²) in [7, 11) is 1.47. The molecule has 8 nitrogen and oxygen atoms in total. The second-order valence-electron chi connectivity index (χ2n) is 8.91. The topological polar surface area (TPSA) is 100 Å². The van der Waals surface area contributed by atoms with Crippen molar-refractivity contribution in [3.63, 3.8) is 0 Å². The van der Waals surface area contributed by atoms with E-state index in [0.717, 1.165) is 18.0 Å². The van der Waals surface area contributed by atoms with Crippen LogP contribution in [0.25, 0.3) is 0 Å². The summed E-state index contributed by atoms with van der Waals surface area (Å²) in [6.07, 6.45) is 5.19. The molecule has 1 aromatic heterocycles. The summed E-state index contributed by atoms with van der Waals surface area (Å²) in [5, 5.41) is 16.4. The standard InChI is InChI=1S/C26H25N5O3/c1-16-15-30-24(26(33)31(16)21-8-5-18(6-9-21)11-17-3-4-17)22(14-28-30)29-25(32)19-7-10-23(34-2)20(12-19)13-27/h5-10,12,14,16-17H,3-4,11,15H2,1-2H3,(H,29,32)/t16-/m0/s1. The van der Waals surface area contributed by atoms with E-state index in [1.165, 1.54) is 37.8 Å². The minimum absolute atomic E-state index is 0.0856. The first-order valence-corrected chi connectivity index (χ1v) is 11.4. The van der Waals surface area contributed by atoms with E-state index >= 15 is 0 Å². The van der Waals surface area contributed by atoms with Gasteiger partial charge in [-0.2, -0.15) is 10.4 Å². The average molecular weight is 456 g/mol. The largest absolute Gasteiger partial charge is 0.495 e. The van der Waals surface area contributed by atoms with Crippen molar-refractivity contribution in [2.75, 3.05) is 17.3 Å². The number of fused-ring (bicyclic) bond motifs is 1. The first kappa shape index (κ1) is 21.7. The number of carbonyl (C=O) groups is 2. The normalized spacial score (nSPS) is 17.1. The van der Waals surface area contributed by atoms with Crippen LogP contribution in [-0.4, -0.2) is 34.7 Å². The highest BCUT2D eigenvalue weighted by molar-refractivity contribution is 6.13. The molecule has 0 spiro atoms. The van der Waals surface area contributed by atoms with Gasteiger partial charge in [0.05, 0.1) is 37.1 Å². The molecule has 1 fully saturated rings. The van der Waals surface area contributed by atoms with Gasteiger partial charge in [-0.1, -0.05) is 12.1 Å². The Labute approximate surface area is 197 Å². The van der Waals surface area contributed by atoms with E-state index in [1.54, 1.807) is 21.7 Å². The van der Waals surface area contributed by atoms with Crippen LogP contribution >= 0.6 is 0 Å². The highest BCUT2D eigenvalue weighted by Crippen LogP contribution is 2.34. The van der Waals surface area contributed by atoms with Gasteiger partial charge in [0.2, 0.25) is 0 Å². The lowest BCUT2D eigenvalue weighted by atomic mass is 10.1. The van der Waals surface area contributed by atoms with Crippen LogP contribution in [0.5, 0.6) is 5.75 Å². The molecule has 34 heavy (non-hydrogen) atoms. The van der Waals surface area contributed by atoms with E-state index in [9.17, 15) is 14.9 Å². The Morgan fingerprint density at radius 3 is 2.68 bits per heavy atom. The van der Waals surface area contributed by atoms with Gasteiger partial charge in [0.15, 0.2) is 0 Å². The van der Waals surface area contributed by atoms with Gasteiger partial charge in [-0.3, -0.25) is 14.3 Å². The molecular formula is C26H25N5O3. The lowest BCUT2D eigenvalue weighted by molar-refractivity contribution is 0.0948. The second kappa shape index (κ2) is 8.67. The Balaban J connectivity index is 1.39. The summed E-state index contributed by atoms with van der Waals surface area (Å²) < 4.78 is 6.77. The van der Waals surface area contributed by atoms with Crippen LogP contribution in [0.3, 0.4) is 0 Å². The van der Waals surface area contributed by atoms with Crippen molar-refractivity contribution in [1.29, 1.82) is 5.26 Å². The van der Waals surface area contributed by atoms with Crippen LogP contribution in [0.1, 0.15) is 51.7 Å². The molecule has 5 rings (SSSR count). The molecule has 2 amide bonds. The van der Waals surface area contributed by atoms with Crippen molar-refractivity contribution >= 4 is 23.2 Å². The number of benzene rings is 2. The van der Waals surface area contributed by atoms with Gasteiger partial charge in [-0.25, -0.2) is 0 Å². The molecule has 8 heteroatoms. The predicted molar refractivity (Wildman–Crippen MR) is 127 cm³/mol. The van der Waals surface area contributed by atoms with Gasteiger partial charge in [0.25, 0.3) is 11.8 Å². The van der Waals surface area contributed by atoms with E-state index in [2.05, 4.69) is 22.5 Å². The molecule has 1 aliphatic carbocycles. The van der Waals surface area contributed by atoms with Gasteiger partial charge in [-0.15, -0.1) is 0 Å². The highest BCUT2D eigenvalue weighted by Gasteiger charge is 2.34. The number of aromatic nitrogens is 2. The van der Waals surface area contributed by atoms with Crippen molar-refractivity contribution in [3.05, 3.63) is 71.0 Å². The third kappa shape index (κ3) is 4.01. The first-order valence-electron chi connectivity index (χ1n) is 11.4. The van der Waals surface area contributed by atoms with E-state index < -0.39 is 5.91 Å². The number of carbonyl (C=O) groups excluding carboxylic acids is 2. The summed E-state index contributed by atoms with van der Waals surface area (Å²) >= 11 is 0. The number of hydrogen-bond acceptors (Lipinski definition) is 5. The molecule has 2 aromatic carbocycles. The Hall–Kier alpha value is -4.12. The summed E-state index contributed by atoms with van der Waals surface area (Å²) in [6.45, 7) is 2.50. The van der Waals surface area contributed by atoms with Crippen LogP contribution in [0.4, 0.5) is 11.4 Å². The zero-order valence-electron chi connectivity index (χ0n) is 19.1. The van der Waals surface area contributed by atoms with Gasteiger partial charge in [0, 0.05) is 11.3 Å². The van der Waals surface area contributed by atoms with E-state index in [1.807, 2.05) is 25.1 Å². The Kier molecular flexibility index (Phi) is 5.54. The third-order valence-corrected chi connectivity index (χ3v) is 6.40. The number of ether oxygens (including phenoxy) is 1. The summed E-state index contributed by atoms with van der Waals surface area (Å²) in [6, 6.07) is 14.7. The van der Waals surface area contributed by atoms with Crippen LogP contribution in [-0.2, 0) is 13.0 Å². The molecule has 1 N–H and O–H groups in total. The lowest BCUT2D eigenvalue weighted by Gasteiger charge is -2.34. The Morgan fingerprint density at radius 1 is 1.24 bits per heavy atom. The third-order valence-electron chi connectivity index (χ3n) is 6.40. The number of hydrogen-bond donors (Lipinski definition) is 1. The maximum atomic E-state index is 13.5. The molecule has 2 heterocycles. The molecule has 3 aromatic rings.